The Morgan fingerprint density at radius 1 is 1.00 bits per heavy atom. The van der Waals surface area contributed by atoms with Gasteiger partial charge in [0.05, 0.1) is 5.02 Å². The van der Waals surface area contributed by atoms with Crippen molar-refractivity contribution in [2.24, 2.45) is 0 Å². The van der Waals surface area contributed by atoms with Crippen molar-refractivity contribution in [2.45, 2.75) is 6.92 Å². The average Bonchev–Trinajstić information content (AvgIpc) is 2.66. The number of anilines is 2. The molecule has 1 aromatic heterocycles. The summed E-state index contributed by atoms with van der Waals surface area (Å²) >= 11 is 5.71. The topological polar surface area (TPSA) is 71.1 Å². The second-order valence-electron chi connectivity index (χ2n) is 5.78. The quantitative estimate of drug-likeness (QED) is 0.686. The number of pyridine rings is 1. The number of carbonyl (C=O) groups is 2. The van der Waals surface area contributed by atoms with E-state index >= 15 is 0 Å². The van der Waals surface area contributed by atoms with Crippen LogP contribution in [0.25, 0.3) is 0 Å². The zero-order valence-electron chi connectivity index (χ0n) is 14.3. The Morgan fingerprint density at radius 3 is 2.52 bits per heavy atom. The van der Waals surface area contributed by atoms with Gasteiger partial charge in [-0.2, -0.15) is 0 Å². The highest BCUT2D eigenvalue weighted by molar-refractivity contribution is 6.31. The zero-order chi connectivity index (χ0) is 19.4. The molecule has 1 heterocycles. The molecule has 0 atom stereocenters. The molecular formula is C20H15ClFN3O2. The maximum atomic E-state index is 13.2. The second-order valence-corrected chi connectivity index (χ2v) is 6.19. The molecule has 7 heteroatoms. The number of halogens is 2. The predicted molar refractivity (Wildman–Crippen MR) is 103 cm³/mol. The lowest BCUT2D eigenvalue weighted by Gasteiger charge is -2.09. The van der Waals surface area contributed by atoms with Gasteiger partial charge in [0.1, 0.15) is 11.5 Å². The molecule has 0 fully saturated rings. The van der Waals surface area contributed by atoms with Gasteiger partial charge in [-0.1, -0.05) is 29.8 Å². The molecule has 0 aliphatic carbocycles. The third-order valence-electron chi connectivity index (χ3n) is 3.83. The summed E-state index contributed by atoms with van der Waals surface area (Å²) in [7, 11) is 0. The minimum absolute atomic E-state index is 0.0965. The Hall–Kier alpha value is -3.25. The van der Waals surface area contributed by atoms with Crippen molar-refractivity contribution in [3.8, 4) is 0 Å². The summed E-state index contributed by atoms with van der Waals surface area (Å²) in [6.45, 7) is 1.88. The fourth-order valence-electron chi connectivity index (χ4n) is 2.37. The molecule has 0 spiro atoms. The van der Waals surface area contributed by atoms with Gasteiger partial charge in [-0.05, 0) is 48.9 Å². The lowest BCUT2D eigenvalue weighted by Crippen LogP contribution is -2.17. The SMILES string of the molecule is Cc1ccccc1NC(=O)c1cc(C(=O)Nc2ccc(F)c(Cl)c2)ccn1. The van der Waals surface area contributed by atoms with E-state index in [0.29, 0.717) is 11.4 Å². The van der Waals surface area contributed by atoms with E-state index in [4.69, 9.17) is 11.6 Å². The number of carbonyl (C=O) groups excluding carboxylic acids is 2. The largest absolute Gasteiger partial charge is 0.322 e. The summed E-state index contributed by atoms with van der Waals surface area (Å²) in [4.78, 5) is 28.8. The highest BCUT2D eigenvalue weighted by atomic mass is 35.5. The molecule has 5 nitrogen and oxygen atoms in total. The molecule has 0 saturated heterocycles. The van der Waals surface area contributed by atoms with E-state index < -0.39 is 17.6 Å². The molecule has 3 aromatic rings. The number of benzene rings is 2. The number of hydrogen-bond donors (Lipinski definition) is 2. The first-order chi connectivity index (χ1) is 12.9. The molecule has 2 amide bonds. The lowest BCUT2D eigenvalue weighted by atomic mass is 10.1. The highest BCUT2D eigenvalue weighted by Crippen LogP contribution is 2.20. The Kier molecular flexibility index (Phi) is 5.47. The van der Waals surface area contributed by atoms with Crippen LogP contribution in [0, 0.1) is 12.7 Å². The van der Waals surface area contributed by atoms with Gasteiger partial charge in [0, 0.05) is 23.1 Å². The van der Waals surface area contributed by atoms with Crippen molar-refractivity contribution in [1.29, 1.82) is 0 Å². The smallest absolute Gasteiger partial charge is 0.274 e. The van der Waals surface area contributed by atoms with Gasteiger partial charge >= 0.3 is 0 Å². The van der Waals surface area contributed by atoms with Crippen molar-refractivity contribution in [3.63, 3.8) is 0 Å². The third kappa shape index (κ3) is 4.48. The standard InChI is InChI=1S/C20H15ClFN3O2/c1-12-4-2-3-5-17(12)25-20(27)18-10-13(8-9-23-18)19(26)24-14-6-7-16(22)15(21)11-14/h2-11H,1H3,(H,24,26)(H,25,27). The second kappa shape index (κ2) is 7.97. The first-order valence-electron chi connectivity index (χ1n) is 8.03. The monoisotopic (exact) mass is 383 g/mol. The Labute approximate surface area is 160 Å². The van der Waals surface area contributed by atoms with Crippen LogP contribution in [0.1, 0.15) is 26.4 Å². The van der Waals surface area contributed by atoms with Crippen LogP contribution < -0.4 is 10.6 Å². The van der Waals surface area contributed by atoms with Crippen molar-refractivity contribution >= 4 is 34.8 Å². The van der Waals surface area contributed by atoms with Crippen LogP contribution in [0.5, 0.6) is 0 Å². The summed E-state index contributed by atoms with van der Waals surface area (Å²) in [5, 5.41) is 5.27. The van der Waals surface area contributed by atoms with Gasteiger partial charge < -0.3 is 10.6 Å². The minimum Gasteiger partial charge on any atom is -0.322 e. The summed E-state index contributed by atoms with van der Waals surface area (Å²) < 4.78 is 13.2. The van der Waals surface area contributed by atoms with E-state index in [1.165, 1.54) is 30.5 Å². The number of nitrogens with zero attached hydrogens (tertiary/aromatic N) is 1. The van der Waals surface area contributed by atoms with Crippen LogP contribution in [0.3, 0.4) is 0 Å². The van der Waals surface area contributed by atoms with Gasteiger partial charge in [-0.25, -0.2) is 4.39 Å². The van der Waals surface area contributed by atoms with Gasteiger partial charge in [0.2, 0.25) is 0 Å². The molecule has 3 rings (SSSR count). The van der Waals surface area contributed by atoms with Crippen molar-refractivity contribution in [3.05, 3.63) is 88.5 Å². The van der Waals surface area contributed by atoms with Gasteiger partial charge in [-0.15, -0.1) is 0 Å². The number of hydrogen-bond acceptors (Lipinski definition) is 3. The maximum absolute atomic E-state index is 13.2. The first kappa shape index (κ1) is 18.5. The summed E-state index contributed by atoms with van der Waals surface area (Å²) in [6.07, 6.45) is 1.37. The first-order valence-corrected chi connectivity index (χ1v) is 8.41. The molecule has 136 valence electrons. The molecule has 0 unspecified atom stereocenters. The minimum atomic E-state index is -0.575. The van der Waals surface area contributed by atoms with Crippen LogP contribution in [-0.4, -0.2) is 16.8 Å². The number of amides is 2. The maximum Gasteiger partial charge on any atom is 0.274 e. The molecule has 0 bridgehead atoms. The van der Waals surface area contributed by atoms with Gasteiger partial charge in [0.15, 0.2) is 0 Å². The van der Waals surface area contributed by atoms with Gasteiger partial charge in [0.25, 0.3) is 11.8 Å². The fourth-order valence-corrected chi connectivity index (χ4v) is 2.55. The van der Waals surface area contributed by atoms with Crippen LogP contribution in [0.15, 0.2) is 60.8 Å². The molecular weight excluding hydrogens is 369 g/mol. The number of rotatable bonds is 4. The highest BCUT2D eigenvalue weighted by Gasteiger charge is 2.13. The van der Waals surface area contributed by atoms with E-state index in [1.54, 1.807) is 6.07 Å². The van der Waals surface area contributed by atoms with Crippen LogP contribution in [0.4, 0.5) is 15.8 Å². The molecule has 2 aromatic carbocycles. The molecule has 0 saturated carbocycles. The average molecular weight is 384 g/mol. The van der Waals surface area contributed by atoms with Crippen LogP contribution >= 0.6 is 11.6 Å². The van der Waals surface area contributed by atoms with E-state index in [0.717, 1.165) is 11.6 Å². The van der Waals surface area contributed by atoms with Crippen LogP contribution in [-0.2, 0) is 0 Å². The van der Waals surface area contributed by atoms with Crippen molar-refractivity contribution in [2.75, 3.05) is 10.6 Å². The Morgan fingerprint density at radius 2 is 1.78 bits per heavy atom. The number of aryl methyl sites for hydroxylation is 1. The predicted octanol–water partition coefficient (Wildman–Crippen LogP) is 4.69. The Balaban J connectivity index is 1.76. The number of aromatic nitrogens is 1. The number of nitrogens with one attached hydrogen (secondary N) is 2. The number of para-hydroxylation sites is 1. The zero-order valence-corrected chi connectivity index (χ0v) is 15.0. The lowest BCUT2D eigenvalue weighted by molar-refractivity contribution is 0.102. The molecule has 0 aliphatic heterocycles. The summed E-state index contributed by atoms with van der Waals surface area (Å²) in [5.74, 6) is -1.47. The fraction of sp³-hybridized carbons (Fsp3) is 0.0500. The van der Waals surface area contributed by atoms with Crippen molar-refractivity contribution < 1.29 is 14.0 Å². The van der Waals surface area contributed by atoms with E-state index in [-0.39, 0.29) is 16.3 Å². The molecule has 0 aliphatic rings. The molecule has 2 N–H and O–H groups in total. The molecule has 0 radical (unpaired) electrons. The van der Waals surface area contributed by atoms with E-state index in [2.05, 4.69) is 15.6 Å². The van der Waals surface area contributed by atoms with Gasteiger partial charge in [-0.3, -0.25) is 14.6 Å². The van der Waals surface area contributed by atoms with Crippen molar-refractivity contribution in [1.82, 2.24) is 4.98 Å². The van der Waals surface area contributed by atoms with E-state index in [1.807, 2.05) is 25.1 Å². The normalized spacial score (nSPS) is 10.3. The van der Waals surface area contributed by atoms with Crippen LogP contribution in [0.2, 0.25) is 5.02 Å². The van der Waals surface area contributed by atoms with E-state index in [9.17, 15) is 14.0 Å². The molecule has 27 heavy (non-hydrogen) atoms. The third-order valence-corrected chi connectivity index (χ3v) is 4.12. The Bertz CT molecular complexity index is 1020. The summed E-state index contributed by atoms with van der Waals surface area (Å²) in [5.41, 5.74) is 2.26. The summed E-state index contributed by atoms with van der Waals surface area (Å²) in [6, 6.07) is 14.1.